The fourth-order valence-corrected chi connectivity index (χ4v) is 2.62. The van der Waals surface area contributed by atoms with E-state index in [-0.39, 0.29) is 0 Å². The van der Waals surface area contributed by atoms with E-state index in [9.17, 15) is 0 Å². The van der Waals surface area contributed by atoms with Crippen LogP contribution in [-0.4, -0.2) is 24.1 Å². The van der Waals surface area contributed by atoms with Crippen LogP contribution in [0.15, 0.2) is 18.5 Å². The molecule has 0 atom stereocenters. The molecule has 4 nitrogen and oxygen atoms in total. The zero-order valence-corrected chi connectivity index (χ0v) is 13.6. The first-order valence-corrected chi connectivity index (χ1v) is 7.17. The monoisotopic (exact) mass is 285 g/mol. The predicted octanol–water partition coefficient (Wildman–Crippen LogP) is 3.93. The molecule has 1 aromatic carbocycles. The lowest BCUT2D eigenvalue weighted by Gasteiger charge is -2.18. The lowest BCUT2D eigenvalue weighted by Crippen LogP contribution is -2.05. The van der Waals surface area contributed by atoms with Crippen LogP contribution in [0.5, 0.6) is 5.75 Å². The Morgan fingerprint density at radius 2 is 1.81 bits per heavy atom. The molecular weight excluding hydrogens is 262 g/mol. The predicted molar refractivity (Wildman–Crippen MR) is 87.1 cm³/mol. The van der Waals surface area contributed by atoms with Gasteiger partial charge in [-0.15, -0.1) is 0 Å². The molecule has 0 fully saturated rings. The van der Waals surface area contributed by atoms with Crippen molar-refractivity contribution in [2.24, 2.45) is 0 Å². The molecule has 0 unspecified atom stereocenters. The van der Waals surface area contributed by atoms with Gasteiger partial charge in [-0.05, 0) is 43.0 Å². The molecule has 0 amide bonds. The van der Waals surface area contributed by atoms with Crippen LogP contribution in [0.3, 0.4) is 0 Å². The summed E-state index contributed by atoms with van der Waals surface area (Å²) in [4.78, 5) is 8.89. The number of rotatable bonds is 4. The van der Waals surface area contributed by atoms with Gasteiger partial charge in [0.15, 0.2) is 0 Å². The van der Waals surface area contributed by atoms with Crippen molar-refractivity contribution in [3.05, 3.63) is 35.2 Å². The van der Waals surface area contributed by atoms with Crippen molar-refractivity contribution in [3.8, 4) is 17.0 Å². The second kappa shape index (κ2) is 6.12. The Balaban J connectivity index is 2.70. The fourth-order valence-electron chi connectivity index (χ4n) is 2.62. The number of ether oxygens (including phenoxy) is 1. The molecular formula is C17H23N3O. The summed E-state index contributed by atoms with van der Waals surface area (Å²) in [6.07, 6.45) is 1.62. The number of methoxy groups -OCH3 is 1. The van der Waals surface area contributed by atoms with Crippen LogP contribution in [0, 0.1) is 13.8 Å². The number of hydrogen-bond donors (Lipinski definition) is 1. The van der Waals surface area contributed by atoms with E-state index >= 15 is 0 Å². The zero-order valence-electron chi connectivity index (χ0n) is 13.6. The average molecular weight is 285 g/mol. The maximum absolute atomic E-state index is 5.39. The van der Waals surface area contributed by atoms with E-state index in [1.807, 2.05) is 7.05 Å². The number of nitrogens with one attached hydrogen (secondary N) is 1. The van der Waals surface area contributed by atoms with Crippen LogP contribution in [-0.2, 0) is 0 Å². The van der Waals surface area contributed by atoms with Crippen molar-refractivity contribution in [2.45, 2.75) is 33.6 Å². The highest BCUT2D eigenvalue weighted by molar-refractivity contribution is 5.73. The summed E-state index contributed by atoms with van der Waals surface area (Å²) in [6, 6.07) is 4.21. The van der Waals surface area contributed by atoms with E-state index < -0.39 is 0 Å². The molecule has 1 N–H and O–H groups in total. The molecule has 1 aromatic heterocycles. The van der Waals surface area contributed by atoms with Crippen molar-refractivity contribution in [1.82, 2.24) is 9.97 Å². The normalized spacial score (nSPS) is 10.8. The van der Waals surface area contributed by atoms with E-state index in [2.05, 4.69) is 55.1 Å². The Morgan fingerprint density at radius 1 is 1.10 bits per heavy atom. The van der Waals surface area contributed by atoms with Gasteiger partial charge >= 0.3 is 0 Å². The van der Waals surface area contributed by atoms with Gasteiger partial charge in [0.2, 0.25) is 0 Å². The number of aryl methyl sites for hydroxylation is 2. The Labute approximate surface area is 126 Å². The van der Waals surface area contributed by atoms with Gasteiger partial charge in [0.1, 0.15) is 17.9 Å². The van der Waals surface area contributed by atoms with Crippen LogP contribution in [0.4, 0.5) is 5.82 Å². The average Bonchev–Trinajstić information content (AvgIpc) is 2.48. The first kappa shape index (κ1) is 15.3. The highest BCUT2D eigenvalue weighted by atomic mass is 16.5. The van der Waals surface area contributed by atoms with Crippen LogP contribution in [0.25, 0.3) is 11.3 Å². The van der Waals surface area contributed by atoms with Crippen molar-refractivity contribution < 1.29 is 4.74 Å². The largest absolute Gasteiger partial charge is 0.496 e. The number of anilines is 1. The molecule has 0 spiro atoms. The third-order valence-corrected chi connectivity index (χ3v) is 3.70. The van der Waals surface area contributed by atoms with E-state index in [4.69, 9.17) is 4.74 Å². The highest BCUT2D eigenvalue weighted by Crippen LogP contribution is 2.35. The molecule has 0 saturated heterocycles. The summed E-state index contributed by atoms with van der Waals surface area (Å²) in [5.41, 5.74) is 5.54. The second-order valence-electron chi connectivity index (χ2n) is 5.53. The molecule has 0 radical (unpaired) electrons. The van der Waals surface area contributed by atoms with Gasteiger partial charge in [-0.25, -0.2) is 9.97 Å². The summed E-state index contributed by atoms with van der Waals surface area (Å²) >= 11 is 0. The number of nitrogens with zero attached hydrogens (tertiary/aromatic N) is 2. The van der Waals surface area contributed by atoms with Crippen molar-refractivity contribution >= 4 is 5.82 Å². The minimum atomic E-state index is 0.338. The smallest absolute Gasteiger partial charge is 0.133 e. The fraction of sp³-hybridized carbons (Fsp3) is 0.412. The van der Waals surface area contributed by atoms with Gasteiger partial charge in [-0.2, -0.15) is 0 Å². The summed E-state index contributed by atoms with van der Waals surface area (Å²) in [5.74, 6) is 2.14. The first-order valence-electron chi connectivity index (χ1n) is 7.17. The molecule has 2 aromatic rings. The Kier molecular flexibility index (Phi) is 4.46. The number of benzene rings is 1. The van der Waals surface area contributed by atoms with Crippen molar-refractivity contribution in [2.75, 3.05) is 19.5 Å². The third-order valence-electron chi connectivity index (χ3n) is 3.70. The molecule has 0 aliphatic rings. The minimum Gasteiger partial charge on any atom is -0.496 e. The Bertz CT molecular complexity index is 651. The molecule has 0 aliphatic heterocycles. The van der Waals surface area contributed by atoms with Gasteiger partial charge in [0.25, 0.3) is 0 Å². The molecule has 0 aliphatic carbocycles. The van der Waals surface area contributed by atoms with Crippen LogP contribution >= 0.6 is 0 Å². The van der Waals surface area contributed by atoms with E-state index in [0.717, 1.165) is 39.5 Å². The van der Waals surface area contributed by atoms with Gasteiger partial charge in [-0.3, -0.25) is 0 Å². The summed E-state index contributed by atoms with van der Waals surface area (Å²) in [7, 11) is 3.59. The topological polar surface area (TPSA) is 47.0 Å². The molecule has 4 heteroatoms. The summed E-state index contributed by atoms with van der Waals surface area (Å²) < 4.78 is 5.39. The zero-order chi connectivity index (χ0) is 15.6. The molecule has 0 saturated carbocycles. The van der Waals surface area contributed by atoms with Crippen LogP contribution in [0.1, 0.15) is 36.5 Å². The van der Waals surface area contributed by atoms with E-state index in [0.29, 0.717) is 5.92 Å². The lowest BCUT2D eigenvalue weighted by molar-refractivity contribution is 0.411. The van der Waals surface area contributed by atoms with Gasteiger partial charge in [-0.1, -0.05) is 13.8 Å². The van der Waals surface area contributed by atoms with Crippen molar-refractivity contribution in [1.29, 1.82) is 0 Å². The summed E-state index contributed by atoms with van der Waals surface area (Å²) in [5, 5.41) is 3.17. The first-order chi connectivity index (χ1) is 9.99. The quantitative estimate of drug-likeness (QED) is 0.924. The maximum atomic E-state index is 5.39. The van der Waals surface area contributed by atoms with Crippen molar-refractivity contribution in [3.63, 3.8) is 0 Å². The number of hydrogen-bond acceptors (Lipinski definition) is 4. The van der Waals surface area contributed by atoms with Gasteiger partial charge < -0.3 is 10.1 Å². The number of aromatic nitrogens is 2. The van der Waals surface area contributed by atoms with Crippen LogP contribution < -0.4 is 10.1 Å². The van der Waals surface area contributed by atoms with Crippen LogP contribution in [0.2, 0.25) is 0 Å². The standard InChI is InChI=1S/C17H23N3O/c1-10(2)15-16(19-9-20-17(15)18-5)13-7-12(4)14(21-6)8-11(13)3/h7-10H,1-6H3,(H,18,19,20). The molecule has 0 bridgehead atoms. The van der Waals surface area contributed by atoms with E-state index in [1.54, 1.807) is 13.4 Å². The SMILES string of the molecule is CNc1ncnc(-c2cc(C)c(OC)cc2C)c1C(C)C. The molecule has 2 rings (SSSR count). The minimum absolute atomic E-state index is 0.338. The molecule has 21 heavy (non-hydrogen) atoms. The summed E-state index contributed by atoms with van der Waals surface area (Å²) in [6.45, 7) is 8.46. The lowest BCUT2D eigenvalue weighted by atomic mass is 9.93. The maximum Gasteiger partial charge on any atom is 0.133 e. The van der Waals surface area contributed by atoms with Gasteiger partial charge in [0.05, 0.1) is 12.8 Å². The Hall–Kier alpha value is -2.10. The highest BCUT2D eigenvalue weighted by Gasteiger charge is 2.18. The van der Waals surface area contributed by atoms with E-state index in [1.165, 1.54) is 0 Å². The second-order valence-corrected chi connectivity index (χ2v) is 5.53. The van der Waals surface area contributed by atoms with Gasteiger partial charge in [0, 0.05) is 18.2 Å². The molecule has 112 valence electrons. The molecule has 1 heterocycles. The third kappa shape index (κ3) is 2.84. The Morgan fingerprint density at radius 3 is 2.38 bits per heavy atom.